The fourth-order valence-corrected chi connectivity index (χ4v) is 19.0. The first kappa shape index (κ1) is 43.5. The number of hydrogen-bond acceptors (Lipinski definition) is 0. The van der Waals surface area contributed by atoms with Crippen molar-refractivity contribution in [1.29, 1.82) is 0 Å². The van der Waals surface area contributed by atoms with E-state index in [4.69, 9.17) is 0 Å². The molecule has 4 aliphatic rings. The van der Waals surface area contributed by atoms with Crippen LogP contribution in [0.25, 0.3) is 22.3 Å². The van der Waals surface area contributed by atoms with Gasteiger partial charge in [0.1, 0.15) is 0 Å². The van der Waals surface area contributed by atoms with E-state index in [9.17, 15) is 0 Å². The van der Waals surface area contributed by atoms with E-state index in [-0.39, 0.29) is 51.9 Å². The van der Waals surface area contributed by atoms with Crippen molar-refractivity contribution in [3.05, 3.63) is 90.8 Å². The van der Waals surface area contributed by atoms with Crippen molar-refractivity contribution in [1.82, 2.24) is 0 Å². The first-order chi connectivity index (χ1) is 23.1. The zero-order chi connectivity index (χ0) is 36.8. The van der Waals surface area contributed by atoms with Crippen molar-refractivity contribution >= 4 is 14.4 Å². The number of rotatable bonds is 8. The molecule has 0 atom stereocenters. The summed E-state index contributed by atoms with van der Waals surface area (Å²) in [6.45, 7) is 36.3. The van der Waals surface area contributed by atoms with E-state index in [1.54, 1.807) is 39.0 Å². The van der Waals surface area contributed by atoms with E-state index in [2.05, 4.69) is 152 Å². The molecule has 0 nitrogen and oxygen atoms in total. The molecule has 0 saturated heterocycles. The minimum absolute atomic E-state index is 0. The van der Waals surface area contributed by atoms with Crippen LogP contribution in [0.5, 0.6) is 0 Å². The molecule has 4 aliphatic carbocycles. The van der Waals surface area contributed by atoms with E-state index in [1.807, 2.05) is 6.49 Å². The Morgan fingerprint density at radius 1 is 0.635 bits per heavy atom. The predicted molar refractivity (Wildman–Crippen MR) is 219 cm³/mol. The van der Waals surface area contributed by atoms with Crippen molar-refractivity contribution in [2.24, 2.45) is 16.2 Å². The maximum absolute atomic E-state index is 2.76. The van der Waals surface area contributed by atoms with Crippen molar-refractivity contribution in [3.63, 3.8) is 0 Å². The molecule has 0 aromatic heterocycles. The maximum Gasteiger partial charge on any atom is -1.00 e. The quantitative estimate of drug-likeness (QED) is 0.251. The average molecular weight is 819 g/mol. The first-order valence-electron chi connectivity index (χ1n) is 20.1. The monoisotopic (exact) mass is 816 g/mol. The molecule has 0 amide bonds. The minimum Gasteiger partial charge on any atom is -1.00 e. The van der Waals surface area contributed by atoms with Gasteiger partial charge in [0, 0.05) is 0 Å². The number of hydrogen-bond donors (Lipinski definition) is 0. The second kappa shape index (κ2) is 15.0. The molecule has 3 heteroatoms. The third kappa shape index (κ3) is 7.75. The van der Waals surface area contributed by atoms with Crippen molar-refractivity contribution in [2.45, 2.75) is 163 Å². The molecule has 0 unspecified atom stereocenters. The van der Waals surface area contributed by atoms with Crippen molar-refractivity contribution < 1.29 is 46.1 Å². The van der Waals surface area contributed by atoms with Crippen molar-refractivity contribution in [3.8, 4) is 11.1 Å². The Morgan fingerprint density at radius 2 is 1.06 bits per heavy atom. The second-order valence-corrected chi connectivity index (χ2v) is 27.2. The number of fused-ring (bicyclic) bond motifs is 5. The third-order valence-electron chi connectivity index (χ3n) is 12.3. The molecule has 0 spiro atoms. The third-order valence-corrected chi connectivity index (χ3v) is 20.9. The van der Waals surface area contributed by atoms with Gasteiger partial charge in [-0.25, -0.2) is 0 Å². The van der Waals surface area contributed by atoms with Gasteiger partial charge in [-0.05, 0) is 0 Å². The van der Waals surface area contributed by atoms with Crippen LogP contribution in [0.3, 0.4) is 0 Å². The molecule has 0 heterocycles. The molecule has 52 heavy (non-hydrogen) atoms. The maximum atomic E-state index is 2.76. The summed E-state index contributed by atoms with van der Waals surface area (Å²) in [4.78, 5) is 0. The van der Waals surface area contributed by atoms with E-state index in [1.165, 1.54) is 67.2 Å². The molecule has 282 valence electrons. The van der Waals surface area contributed by atoms with Gasteiger partial charge < -0.3 is 24.8 Å². The molecule has 0 fully saturated rings. The standard InChI is InChI=1S/C31H37.C9H13.C9H18.2ClH.Zr/c1-28(2,3)26-16-30(7,8)24-12-18-11-19-13-25-23(15-21(19)20(18)14-22(24)26)27(29(4,5)6)17-31(25,9)10;1-9(2,3)8-6-4-5-7-8;1-3-5-7-9-8-6-4-2;;;/h11-17H,1-10H3;6-7H,4H2,1-3H3;3-8H2,1-2H3;2*1H;/q;;;;;+2/p-2. The zero-order valence-electron chi connectivity index (χ0n) is 35.4. The van der Waals surface area contributed by atoms with E-state index < -0.39 is 21.3 Å². The van der Waals surface area contributed by atoms with Gasteiger partial charge >= 0.3 is 317 Å². The van der Waals surface area contributed by atoms with Gasteiger partial charge in [-0.1, -0.05) is 0 Å². The molecule has 2 aromatic carbocycles. The zero-order valence-corrected chi connectivity index (χ0v) is 39.4. The summed E-state index contributed by atoms with van der Waals surface area (Å²) in [5.41, 5.74) is 17.6. The van der Waals surface area contributed by atoms with Crippen molar-refractivity contribution in [2.75, 3.05) is 0 Å². The summed E-state index contributed by atoms with van der Waals surface area (Å²) in [5, 5.41) is 0. The number of halogens is 2. The fraction of sp³-hybridized carbons (Fsp3) is 0.571. The van der Waals surface area contributed by atoms with Crippen LogP contribution in [0, 0.1) is 16.2 Å². The van der Waals surface area contributed by atoms with Crippen LogP contribution in [0.4, 0.5) is 0 Å². The van der Waals surface area contributed by atoms with E-state index in [0.717, 1.165) is 0 Å². The Bertz CT molecular complexity index is 1770. The van der Waals surface area contributed by atoms with Gasteiger partial charge in [0.05, 0.1) is 0 Å². The molecule has 0 saturated carbocycles. The molecule has 0 bridgehead atoms. The minimum atomic E-state index is -2.51. The largest absolute Gasteiger partial charge is 1.00 e. The van der Waals surface area contributed by atoms with Crippen LogP contribution in [-0.4, -0.2) is 3.21 Å². The summed E-state index contributed by atoms with van der Waals surface area (Å²) < 4.78 is 4.38. The summed E-state index contributed by atoms with van der Waals surface area (Å²) in [6.07, 6.45) is 19.6. The Hall–Kier alpha value is -1.27. The Morgan fingerprint density at radius 3 is 1.40 bits per heavy atom. The van der Waals surface area contributed by atoms with Gasteiger partial charge in [0.2, 0.25) is 0 Å². The molecular formula is C49H68Cl2Zr. The summed E-state index contributed by atoms with van der Waals surface area (Å²) in [7, 11) is 0. The number of unbranched alkanes of at least 4 members (excludes halogenated alkanes) is 2. The van der Waals surface area contributed by atoms with Gasteiger partial charge in [-0.15, -0.1) is 0 Å². The Balaban J connectivity index is 0.00000302. The molecule has 0 radical (unpaired) electrons. The van der Waals surface area contributed by atoms with Gasteiger partial charge in [0.25, 0.3) is 0 Å². The van der Waals surface area contributed by atoms with Crippen LogP contribution < -0.4 is 24.8 Å². The predicted octanol–water partition coefficient (Wildman–Crippen LogP) is 8.64. The first-order valence-corrected chi connectivity index (χ1v) is 24.0. The normalized spacial score (nSPS) is 18.1. The second-order valence-electron chi connectivity index (χ2n) is 20.5. The SMILES string of the molecule is CCCC[C](CCCC)=[Zr+2]([C]1=CC(C(C)(C)C)=CC1)[CH]1c2cc3c(cc2-c2cc4c(cc21)C(C)(C)C=C4C(C)(C)C)C(C(C)(C)C)=CC3(C)C.[Cl-].[Cl-]. The Labute approximate surface area is 339 Å². The Kier molecular flexibility index (Phi) is 12.5. The molecule has 6 rings (SSSR count). The van der Waals surface area contributed by atoms with Crippen LogP contribution in [0.15, 0.2) is 57.4 Å². The number of allylic oxidation sites excluding steroid dienone is 8. The van der Waals surface area contributed by atoms with Crippen LogP contribution in [-0.2, 0) is 32.1 Å². The van der Waals surface area contributed by atoms with Gasteiger partial charge in [-0.3, -0.25) is 0 Å². The summed E-state index contributed by atoms with van der Waals surface area (Å²) in [6, 6.07) is 10.9. The fourth-order valence-electron chi connectivity index (χ4n) is 9.47. The topological polar surface area (TPSA) is 0 Å². The smallest absolute Gasteiger partial charge is 1.00 e. The molecule has 0 aliphatic heterocycles. The van der Waals surface area contributed by atoms with Gasteiger partial charge in [0.15, 0.2) is 0 Å². The number of benzene rings is 2. The molecular weight excluding hydrogens is 751 g/mol. The van der Waals surface area contributed by atoms with Crippen LogP contribution in [0.1, 0.15) is 186 Å². The van der Waals surface area contributed by atoms with Gasteiger partial charge in [-0.2, -0.15) is 0 Å². The van der Waals surface area contributed by atoms with E-state index in [0.29, 0.717) is 3.63 Å². The van der Waals surface area contributed by atoms with Crippen LogP contribution >= 0.6 is 0 Å². The van der Waals surface area contributed by atoms with Crippen LogP contribution in [0.2, 0.25) is 0 Å². The van der Waals surface area contributed by atoms with E-state index >= 15 is 0 Å². The molecule has 0 N–H and O–H groups in total. The molecule has 2 aromatic rings. The average Bonchev–Trinajstić information content (AvgIpc) is 3.74. The summed E-state index contributed by atoms with van der Waals surface area (Å²) >= 11 is -2.51. The summed E-state index contributed by atoms with van der Waals surface area (Å²) in [5.74, 6) is 0.